The first-order chi connectivity index (χ1) is 19.0. The van der Waals surface area contributed by atoms with Crippen molar-refractivity contribution in [1.29, 1.82) is 0 Å². The van der Waals surface area contributed by atoms with E-state index < -0.39 is 15.9 Å². The molecule has 0 radical (unpaired) electrons. The maximum Gasteiger partial charge on any atom is 0.264 e. The first kappa shape index (κ1) is 26.1. The zero-order valence-electron chi connectivity index (χ0n) is 21.3. The third-order valence-corrected chi connectivity index (χ3v) is 8.07. The molecule has 0 saturated carbocycles. The van der Waals surface area contributed by atoms with Gasteiger partial charge in [0.05, 0.1) is 36.3 Å². The monoisotopic (exact) mass is 544 g/mol. The third-order valence-electron chi connectivity index (χ3n) is 6.29. The average molecular weight is 545 g/mol. The van der Waals surface area contributed by atoms with Gasteiger partial charge in [-0.15, -0.1) is 0 Å². The predicted octanol–water partition coefficient (Wildman–Crippen LogP) is 4.66. The van der Waals surface area contributed by atoms with E-state index in [1.165, 1.54) is 23.5 Å². The standard InChI is InChI=1S/C30H28N2O6S/c1-36-23-15-17-25(18-16-23)39(34,35)32(20-22-9-3-2-4-10-22)27-12-6-5-11-26(27)30(33)31-19-24-21-37-28-13-7-8-14-29(28)38-24/h2-18,24H,19-21H2,1H3,(H,31,33)/t24-/m0/s1. The van der Waals surface area contributed by atoms with E-state index in [-0.39, 0.29) is 41.9 Å². The molecule has 1 atom stereocenters. The van der Waals surface area contributed by atoms with Crippen molar-refractivity contribution in [2.75, 3.05) is 24.6 Å². The lowest BCUT2D eigenvalue weighted by Crippen LogP contribution is -2.41. The lowest BCUT2D eigenvalue weighted by Gasteiger charge is -2.28. The second-order valence-corrected chi connectivity index (χ2v) is 10.8. The highest BCUT2D eigenvalue weighted by Crippen LogP contribution is 2.32. The second-order valence-electron chi connectivity index (χ2n) is 8.90. The Labute approximate surface area is 227 Å². The number of nitrogens with zero attached hydrogens (tertiary/aromatic N) is 1. The van der Waals surface area contributed by atoms with Gasteiger partial charge >= 0.3 is 0 Å². The van der Waals surface area contributed by atoms with Crippen LogP contribution in [-0.2, 0) is 16.6 Å². The molecule has 5 rings (SSSR count). The Balaban J connectivity index is 1.43. The Kier molecular flexibility index (Phi) is 7.69. The molecule has 8 nitrogen and oxygen atoms in total. The smallest absolute Gasteiger partial charge is 0.264 e. The number of hydrogen-bond acceptors (Lipinski definition) is 6. The summed E-state index contributed by atoms with van der Waals surface area (Å²) in [5.41, 5.74) is 1.26. The minimum atomic E-state index is -4.05. The second kappa shape index (κ2) is 11.5. The van der Waals surface area contributed by atoms with E-state index in [9.17, 15) is 13.2 Å². The molecule has 0 saturated heterocycles. The van der Waals surface area contributed by atoms with E-state index in [2.05, 4.69) is 5.32 Å². The lowest BCUT2D eigenvalue weighted by atomic mass is 10.1. The molecule has 4 aromatic carbocycles. The number of hydrogen-bond donors (Lipinski definition) is 1. The minimum Gasteiger partial charge on any atom is -0.497 e. The largest absolute Gasteiger partial charge is 0.497 e. The molecule has 0 aliphatic carbocycles. The fourth-order valence-electron chi connectivity index (χ4n) is 4.27. The molecule has 0 aromatic heterocycles. The molecule has 1 amide bonds. The van der Waals surface area contributed by atoms with E-state index in [0.29, 0.717) is 17.2 Å². The number of fused-ring (bicyclic) bond motifs is 1. The van der Waals surface area contributed by atoms with Crippen LogP contribution >= 0.6 is 0 Å². The van der Waals surface area contributed by atoms with Gasteiger partial charge in [-0.25, -0.2) is 8.42 Å². The van der Waals surface area contributed by atoms with Gasteiger partial charge in [-0.1, -0.05) is 54.6 Å². The summed E-state index contributed by atoms with van der Waals surface area (Å²) in [5, 5.41) is 2.88. The normalized spacial score (nSPS) is 14.3. The van der Waals surface area contributed by atoms with Crippen molar-refractivity contribution in [2.24, 2.45) is 0 Å². The van der Waals surface area contributed by atoms with Crippen LogP contribution in [0.1, 0.15) is 15.9 Å². The van der Waals surface area contributed by atoms with Gasteiger partial charge in [-0.05, 0) is 54.1 Å². The number of carbonyl (C=O) groups excluding carboxylic acids is 1. The van der Waals surface area contributed by atoms with Crippen LogP contribution in [0.5, 0.6) is 17.2 Å². The molecule has 0 bridgehead atoms. The van der Waals surface area contributed by atoms with Gasteiger partial charge in [0.25, 0.3) is 15.9 Å². The summed E-state index contributed by atoms with van der Waals surface area (Å²) in [6.45, 7) is 0.506. The van der Waals surface area contributed by atoms with E-state index in [1.807, 2.05) is 54.6 Å². The molecule has 1 aliphatic rings. The lowest BCUT2D eigenvalue weighted by molar-refractivity contribution is 0.0789. The number of rotatable bonds is 9. The van der Waals surface area contributed by atoms with Gasteiger partial charge in [0.15, 0.2) is 11.5 Å². The SMILES string of the molecule is COc1ccc(S(=O)(=O)N(Cc2ccccc2)c2ccccc2C(=O)NC[C@H]2COc3ccccc3O2)cc1. The maximum absolute atomic E-state index is 14.0. The van der Waals surface area contributed by atoms with Gasteiger partial charge in [0.2, 0.25) is 0 Å². The van der Waals surface area contributed by atoms with E-state index in [0.717, 1.165) is 5.56 Å². The van der Waals surface area contributed by atoms with Crippen LogP contribution in [0.15, 0.2) is 108 Å². The average Bonchev–Trinajstić information content (AvgIpc) is 2.99. The van der Waals surface area contributed by atoms with Crippen molar-refractivity contribution in [3.8, 4) is 17.2 Å². The first-order valence-electron chi connectivity index (χ1n) is 12.4. The number of sulfonamides is 1. The summed E-state index contributed by atoms with van der Waals surface area (Å²) >= 11 is 0. The number of para-hydroxylation sites is 3. The summed E-state index contributed by atoms with van der Waals surface area (Å²) < 4.78 is 46.0. The summed E-state index contributed by atoms with van der Waals surface area (Å²) in [4.78, 5) is 13.5. The Morgan fingerprint density at radius 1 is 0.897 bits per heavy atom. The van der Waals surface area contributed by atoms with Gasteiger partial charge in [0.1, 0.15) is 18.5 Å². The molecule has 39 heavy (non-hydrogen) atoms. The van der Waals surface area contributed by atoms with Crippen LogP contribution < -0.4 is 23.8 Å². The van der Waals surface area contributed by atoms with Gasteiger partial charge in [0, 0.05) is 0 Å². The van der Waals surface area contributed by atoms with Crippen molar-refractivity contribution >= 4 is 21.6 Å². The summed E-state index contributed by atoms with van der Waals surface area (Å²) in [6, 6.07) is 29.4. The quantitative estimate of drug-likeness (QED) is 0.329. The molecule has 1 heterocycles. The molecule has 4 aromatic rings. The Morgan fingerprint density at radius 2 is 1.56 bits per heavy atom. The van der Waals surface area contributed by atoms with Gasteiger partial charge < -0.3 is 19.5 Å². The summed E-state index contributed by atoms with van der Waals surface area (Å²) in [7, 11) is -2.53. The Bertz CT molecular complexity index is 1540. The van der Waals surface area contributed by atoms with E-state index >= 15 is 0 Å². The zero-order valence-corrected chi connectivity index (χ0v) is 22.1. The highest BCUT2D eigenvalue weighted by atomic mass is 32.2. The molecule has 200 valence electrons. The van der Waals surface area contributed by atoms with Crippen molar-refractivity contribution in [3.63, 3.8) is 0 Å². The van der Waals surface area contributed by atoms with Crippen LogP contribution in [0.2, 0.25) is 0 Å². The van der Waals surface area contributed by atoms with Crippen LogP contribution in [0, 0.1) is 0 Å². The van der Waals surface area contributed by atoms with E-state index in [1.54, 1.807) is 36.4 Å². The highest BCUT2D eigenvalue weighted by Gasteiger charge is 2.29. The van der Waals surface area contributed by atoms with Crippen molar-refractivity contribution in [1.82, 2.24) is 5.32 Å². The molecule has 9 heteroatoms. The summed E-state index contributed by atoms with van der Waals surface area (Å²) in [6.07, 6.45) is -0.389. The fraction of sp³-hybridized carbons (Fsp3) is 0.167. The topological polar surface area (TPSA) is 94.2 Å². The molecular weight excluding hydrogens is 516 g/mol. The highest BCUT2D eigenvalue weighted by molar-refractivity contribution is 7.92. The molecule has 0 fully saturated rings. The number of anilines is 1. The number of benzene rings is 4. The summed E-state index contributed by atoms with van der Waals surface area (Å²) in [5.74, 6) is 1.39. The molecule has 0 unspecified atom stereocenters. The van der Waals surface area contributed by atoms with Crippen molar-refractivity contribution < 1.29 is 27.4 Å². The molecular formula is C30H28N2O6S. The van der Waals surface area contributed by atoms with Crippen LogP contribution in [0.4, 0.5) is 5.69 Å². The first-order valence-corrected chi connectivity index (χ1v) is 13.9. The Hall–Kier alpha value is -4.50. The number of carbonyl (C=O) groups is 1. The maximum atomic E-state index is 14.0. The number of nitrogens with one attached hydrogen (secondary N) is 1. The minimum absolute atomic E-state index is 0.0376. The zero-order chi connectivity index (χ0) is 27.2. The van der Waals surface area contributed by atoms with E-state index in [4.69, 9.17) is 14.2 Å². The van der Waals surface area contributed by atoms with Crippen LogP contribution in [-0.4, -0.2) is 40.7 Å². The van der Waals surface area contributed by atoms with Crippen molar-refractivity contribution in [2.45, 2.75) is 17.5 Å². The number of ether oxygens (including phenoxy) is 3. The third kappa shape index (κ3) is 5.83. The van der Waals surface area contributed by atoms with Crippen LogP contribution in [0.3, 0.4) is 0 Å². The molecule has 0 spiro atoms. The Morgan fingerprint density at radius 3 is 2.31 bits per heavy atom. The van der Waals surface area contributed by atoms with Gasteiger partial charge in [-0.2, -0.15) is 0 Å². The van der Waals surface area contributed by atoms with Crippen molar-refractivity contribution in [3.05, 3.63) is 114 Å². The molecule has 1 N–H and O–H groups in total. The fourth-order valence-corrected chi connectivity index (χ4v) is 5.74. The number of methoxy groups -OCH3 is 1. The number of amides is 1. The predicted molar refractivity (Wildman–Crippen MR) is 148 cm³/mol. The molecule has 1 aliphatic heterocycles. The van der Waals surface area contributed by atoms with Crippen LogP contribution in [0.25, 0.3) is 0 Å². The van der Waals surface area contributed by atoms with Gasteiger partial charge in [-0.3, -0.25) is 9.10 Å².